The number of phenolic OH excluding ortho intramolecular Hbond substituents is 1. The van der Waals surface area contributed by atoms with E-state index >= 15 is 0 Å². The highest BCUT2D eigenvalue weighted by Gasteiger charge is 2.37. The van der Waals surface area contributed by atoms with E-state index < -0.39 is 0 Å². The van der Waals surface area contributed by atoms with Gasteiger partial charge in [-0.05, 0) is 62.3 Å². The largest absolute Gasteiger partial charge is 0.508 e. The van der Waals surface area contributed by atoms with Crippen LogP contribution in [-0.4, -0.2) is 10.6 Å². The number of hydrogen-bond donors (Lipinski definition) is 2. The Kier molecular flexibility index (Phi) is 2.47. The first kappa shape index (κ1) is 10.5. The summed E-state index contributed by atoms with van der Waals surface area (Å²) in [5.41, 5.74) is 9.47. The van der Waals surface area contributed by atoms with Gasteiger partial charge < -0.3 is 10.8 Å². The monoisotopic (exact) mass is 205 g/mol. The van der Waals surface area contributed by atoms with E-state index in [1.165, 1.54) is 5.56 Å². The fourth-order valence-corrected chi connectivity index (χ4v) is 2.08. The fourth-order valence-electron chi connectivity index (χ4n) is 2.08. The molecule has 1 aliphatic rings. The second kappa shape index (κ2) is 3.53. The maximum absolute atomic E-state index is 9.85. The van der Waals surface area contributed by atoms with Crippen LogP contribution in [0.1, 0.15) is 36.0 Å². The van der Waals surface area contributed by atoms with Crippen molar-refractivity contribution in [3.63, 3.8) is 0 Å². The molecule has 1 aliphatic carbocycles. The zero-order valence-corrected chi connectivity index (χ0v) is 9.51. The Hall–Kier alpha value is -1.02. The van der Waals surface area contributed by atoms with Crippen LogP contribution >= 0.6 is 0 Å². The molecule has 0 spiro atoms. The van der Waals surface area contributed by atoms with Gasteiger partial charge in [0.2, 0.25) is 0 Å². The molecule has 0 bridgehead atoms. The molecule has 0 amide bonds. The second-order valence-electron chi connectivity index (χ2n) is 4.94. The smallest absolute Gasteiger partial charge is 0.119 e. The van der Waals surface area contributed by atoms with Crippen molar-refractivity contribution in [1.29, 1.82) is 0 Å². The molecular weight excluding hydrogens is 186 g/mol. The minimum Gasteiger partial charge on any atom is -0.508 e. The lowest BCUT2D eigenvalue weighted by Gasteiger charge is -2.12. The average molecular weight is 205 g/mol. The SMILES string of the molecule is Cc1cc(C)c(CCC2(N)CC2)c(O)c1. The summed E-state index contributed by atoms with van der Waals surface area (Å²) < 4.78 is 0. The van der Waals surface area contributed by atoms with Crippen molar-refractivity contribution in [3.8, 4) is 5.75 Å². The quantitative estimate of drug-likeness (QED) is 0.796. The van der Waals surface area contributed by atoms with Gasteiger partial charge in [-0.15, -0.1) is 0 Å². The van der Waals surface area contributed by atoms with Crippen LogP contribution in [0.2, 0.25) is 0 Å². The van der Waals surface area contributed by atoms with E-state index in [0.29, 0.717) is 5.75 Å². The van der Waals surface area contributed by atoms with Gasteiger partial charge in [0.1, 0.15) is 5.75 Å². The van der Waals surface area contributed by atoms with Crippen molar-refractivity contribution in [2.24, 2.45) is 5.73 Å². The van der Waals surface area contributed by atoms with Gasteiger partial charge in [-0.3, -0.25) is 0 Å². The Bertz CT molecular complexity index is 357. The van der Waals surface area contributed by atoms with Crippen molar-refractivity contribution in [2.45, 2.75) is 45.1 Å². The molecule has 2 nitrogen and oxygen atoms in total. The highest BCUT2D eigenvalue weighted by molar-refractivity contribution is 5.42. The van der Waals surface area contributed by atoms with Gasteiger partial charge >= 0.3 is 0 Å². The molecule has 1 saturated carbocycles. The van der Waals surface area contributed by atoms with Crippen LogP contribution in [0.4, 0.5) is 0 Å². The third-order valence-corrected chi connectivity index (χ3v) is 3.36. The number of rotatable bonds is 3. The summed E-state index contributed by atoms with van der Waals surface area (Å²) in [5.74, 6) is 0.428. The zero-order chi connectivity index (χ0) is 11.1. The van der Waals surface area contributed by atoms with E-state index in [0.717, 1.165) is 36.8 Å². The minimum atomic E-state index is 0.0732. The van der Waals surface area contributed by atoms with E-state index in [2.05, 4.69) is 13.0 Å². The molecule has 1 aromatic carbocycles. The lowest BCUT2D eigenvalue weighted by molar-refractivity contribution is 0.463. The third-order valence-electron chi connectivity index (χ3n) is 3.36. The Morgan fingerprint density at radius 1 is 1.33 bits per heavy atom. The van der Waals surface area contributed by atoms with E-state index in [4.69, 9.17) is 5.73 Å². The molecule has 1 aromatic rings. The summed E-state index contributed by atoms with van der Waals surface area (Å²) in [6.07, 6.45) is 4.16. The predicted octanol–water partition coefficient (Wildman–Crippen LogP) is 2.43. The molecule has 2 heteroatoms. The van der Waals surface area contributed by atoms with Gasteiger partial charge in [-0.25, -0.2) is 0 Å². The Morgan fingerprint density at radius 3 is 2.53 bits per heavy atom. The Morgan fingerprint density at radius 2 is 2.00 bits per heavy atom. The van der Waals surface area contributed by atoms with Crippen LogP contribution in [0, 0.1) is 13.8 Å². The maximum Gasteiger partial charge on any atom is 0.119 e. The van der Waals surface area contributed by atoms with Crippen molar-refractivity contribution in [2.75, 3.05) is 0 Å². The van der Waals surface area contributed by atoms with Crippen LogP contribution < -0.4 is 5.73 Å². The van der Waals surface area contributed by atoms with Crippen molar-refractivity contribution in [1.82, 2.24) is 0 Å². The van der Waals surface area contributed by atoms with Gasteiger partial charge in [0.15, 0.2) is 0 Å². The molecule has 0 atom stereocenters. The molecule has 0 aliphatic heterocycles. The van der Waals surface area contributed by atoms with Gasteiger partial charge in [0, 0.05) is 5.54 Å². The fraction of sp³-hybridized carbons (Fsp3) is 0.538. The summed E-state index contributed by atoms with van der Waals surface area (Å²) in [7, 11) is 0. The predicted molar refractivity (Wildman–Crippen MR) is 62.1 cm³/mol. The van der Waals surface area contributed by atoms with E-state index in [1.807, 2.05) is 13.0 Å². The first-order chi connectivity index (χ1) is 7.00. The molecule has 0 heterocycles. The maximum atomic E-state index is 9.85. The van der Waals surface area contributed by atoms with Crippen LogP contribution in [0.5, 0.6) is 5.75 Å². The highest BCUT2D eigenvalue weighted by Crippen LogP contribution is 2.37. The number of nitrogens with two attached hydrogens (primary N) is 1. The topological polar surface area (TPSA) is 46.2 Å². The highest BCUT2D eigenvalue weighted by atomic mass is 16.3. The molecule has 3 N–H and O–H groups in total. The summed E-state index contributed by atoms with van der Waals surface area (Å²) in [5, 5.41) is 9.85. The van der Waals surface area contributed by atoms with E-state index in [1.54, 1.807) is 0 Å². The number of phenols is 1. The van der Waals surface area contributed by atoms with Crippen LogP contribution in [0.25, 0.3) is 0 Å². The van der Waals surface area contributed by atoms with Gasteiger partial charge in [0.05, 0.1) is 0 Å². The van der Waals surface area contributed by atoms with Crippen LogP contribution in [0.15, 0.2) is 12.1 Å². The molecular formula is C13H19NO. The van der Waals surface area contributed by atoms with Gasteiger partial charge in [0.25, 0.3) is 0 Å². The molecule has 1 fully saturated rings. The van der Waals surface area contributed by atoms with Crippen LogP contribution in [0.3, 0.4) is 0 Å². The third kappa shape index (κ3) is 2.32. The first-order valence-corrected chi connectivity index (χ1v) is 5.58. The first-order valence-electron chi connectivity index (χ1n) is 5.58. The molecule has 15 heavy (non-hydrogen) atoms. The van der Waals surface area contributed by atoms with Crippen molar-refractivity contribution >= 4 is 0 Å². The van der Waals surface area contributed by atoms with Gasteiger partial charge in [-0.2, -0.15) is 0 Å². The molecule has 82 valence electrons. The molecule has 0 saturated heterocycles. The normalized spacial score (nSPS) is 17.8. The second-order valence-corrected chi connectivity index (χ2v) is 4.94. The summed E-state index contributed by atoms with van der Waals surface area (Å²) in [4.78, 5) is 0. The van der Waals surface area contributed by atoms with Crippen molar-refractivity contribution < 1.29 is 5.11 Å². The Balaban J connectivity index is 2.13. The lowest BCUT2D eigenvalue weighted by atomic mass is 9.97. The average Bonchev–Trinajstić information content (AvgIpc) is 2.82. The molecule has 0 aromatic heterocycles. The van der Waals surface area contributed by atoms with Crippen LogP contribution in [-0.2, 0) is 6.42 Å². The molecule has 0 radical (unpaired) electrons. The van der Waals surface area contributed by atoms with E-state index in [-0.39, 0.29) is 5.54 Å². The minimum absolute atomic E-state index is 0.0732. The molecule has 0 unspecified atom stereocenters. The summed E-state index contributed by atoms with van der Waals surface area (Å²) in [6.45, 7) is 4.06. The molecule has 2 rings (SSSR count). The lowest BCUT2D eigenvalue weighted by Crippen LogP contribution is -2.22. The number of aromatic hydroxyl groups is 1. The van der Waals surface area contributed by atoms with Gasteiger partial charge in [-0.1, -0.05) is 6.07 Å². The number of aryl methyl sites for hydroxylation is 2. The standard InChI is InChI=1S/C13H19NO/c1-9-7-10(2)11(12(15)8-9)3-4-13(14)5-6-13/h7-8,15H,3-6,14H2,1-2H3. The summed E-state index contributed by atoms with van der Waals surface area (Å²) >= 11 is 0. The summed E-state index contributed by atoms with van der Waals surface area (Å²) in [6, 6.07) is 3.95. The van der Waals surface area contributed by atoms with Crippen molar-refractivity contribution in [3.05, 3.63) is 28.8 Å². The zero-order valence-electron chi connectivity index (χ0n) is 9.51. The number of benzene rings is 1. The Labute approximate surface area is 91.1 Å². The van der Waals surface area contributed by atoms with E-state index in [9.17, 15) is 5.11 Å². The number of hydrogen-bond acceptors (Lipinski definition) is 2.